The molecule has 1 rings (SSSR count). The molecule has 5 heteroatoms. The Bertz CT molecular complexity index is 734. The highest BCUT2D eigenvalue weighted by Crippen LogP contribution is 2.42. The van der Waals surface area contributed by atoms with Crippen molar-refractivity contribution in [3.63, 3.8) is 0 Å². The molecule has 0 saturated carbocycles. The van der Waals surface area contributed by atoms with Gasteiger partial charge in [0.15, 0.2) is 11.5 Å². The predicted octanol–water partition coefficient (Wildman–Crippen LogP) is 10.7. The van der Waals surface area contributed by atoms with E-state index >= 15 is 0 Å². The summed E-state index contributed by atoms with van der Waals surface area (Å²) in [4.78, 5) is 11.6. The number of carbonyl (C=O) groups is 1. The Labute approximate surface area is 246 Å². The summed E-state index contributed by atoms with van der Waals surface area (Å²) < 4.78 is 19.5. The van der Waals surface area contributed by atoms with Gasteiger partial charge in [0.1, 0.15) is 0 Å². The van der Waals surface area contributed by atoms with Gasteiger partial charge in [0.05, 0.1) is 24.7 Å². The monoisotopic (exact) mass is 562 g/mol. The lowest BCUT2D eigenvalue weighted by atomic mass is 10.1. The normalized spacial score (nSPS) is 13.6. The molecule has 0 radical (unpaired) electrons. The predicted molar refractivity (Wildman–Crippen MR) is 168 cm³/mol. The van der Waals surface area contributed by atoms with Crippen LogP contribution in [0, 0.1) is 0 Å². The fourth-order valence-corrected chi connectivity index (χ4v) is 5.12. The third-order valence-electron chi connectivity index (χ3n) is 7.55. The number of aliphatic carboxylic acids is 1. The van der Waals surface area contributed by atoms with Crippen LogP contribution in [0.1, 0.15) is 163 Å². The lowest BCUT2D eigenvalue weighted by Gasteiger charge is -2.25. The fraction of sp³-hybridized carbons (Fsp3) is 0.800. The van der Waals surface area contributed by atoms with E-state index in [9.17, 15) is 9.90 Å². The van der Waals surface area contributed by atoms with Gasteiger partial charge in [-0.25, -0.2) is 0 Å². The molecule has 40 heavy (non-hydrogen) atoms. The standard InChI is InChI=1S/C35H62O5/c1-7-10-13-16-19-22-28(4)38-32-25-31(27-34(36)37)26-33(39-29(5)23-20-17-14-11-8-2)35(32)40-30(6)24-21-18-15-12-9-3/h25-26,28-30H,7-24,27H2,1-6H3,(H,36,37). The van der Waals surface area contributed by atoms with Gasteiger partial charge in [-0.05, 0) is 77.0 Å². The van der Waals surface area contributed by atoms with Gasteiger partial charge in [0, 0.05) is 0 Å². The lowest BCUT2D eigenvalue weighted by molar-refractivity contribution is -0.136. The average Bonchev–Trinajstić information content (AvgIpc) is 2.90. The molecule has 0 aromatic heterocycles. The molecule has 0 fully saturated rings. The summed E-state index contributed by atoms with van der Waals surface area (Å²) in [5, 5.41) is 9.55. The van der Waals surface area contributed by atoms with E-state index in [0.29, 0.717) is 22.8 Å². The van der Waals surface area contributed by atoms with Crippen molar-refractivity contribution in [2.75, 3.05) is 0 Å². The molecule has 0 heterocycles. The molecular weight excluding hydrogens is 500 g/mol. The Morgan fingerprint density at radius 2 is 0.950 bits per heavy atom. The van der Waals surface area contributed by atoms with Crippen LogP contribution < -0.4 is 14.2 Å². The lowest BCUT2D eigenvalue weighted by Crippen LogP contribution is -2.19. The number of hydrogen-bond donors (Lipinski definition) is 1. The second kappa shape index (κ2) is 22.7. The Morgan fingerprint density at radius 1 is 0.600 bits per heavy atom. The van der Waals surface area contributed by atoms with Crippen LogP contribution in [-0.2, 0) is 11.2 Å². The molecule has 0 bridgehead atoms. The van der Waals surface area contributed by atoms with Crippen molar-refractivity contribution in [1.29, 1.82) is 0 Å². The summed E-state index contributed by atoms with van der Waals surface area (Å²) in [6.45, 7) is 13.0. The van der Waals surface area contributed by atoms with Crippen molar-refractivity contribution in [3.05, 3.63) is 17.7 Å². The maximum atomic E-state index is 11.6. The van der Waals surface area contributed by atoms with Crippen LogP contribution in [0.15, 0.2) is 12.1 Å². The second-order valence-corrected chi connectivity index (χ2v) is 11.9. The number of carboxylic acids is 1. The summed E-state index contributed by atoms with van der Waals surface area (Å²) >= 11 is 0. The number of carboxylic acid groups (broad SMARTS) is 1. The van der Waals surface area contributed by atoms with E-state index in [1.54, 1.807) is 0 Å². The van der Waals surface area contributed by atoms with E-state index in [1.165, 1.54) is 77.0 Å². The molecular formula is C35H62O5. The number of benzene rings is 1. The third kappa shape index (κ3) is 17.0. The SMILES string of the molecule is CCCCCCCC(C)Oc1cc(CC(=O)O)cc(OC(C)CCCCCCC)c1OC(C)CCCCCCC. The van der Waals surface area contributed by atoms with E-state index in [1.807, 2.05) is 12.1 Å². The first kappa shape index (κ1) is 36.1. The minimum Gasteiger partial charge on any atom is -0.487 e. The van der Waals surface area contributed by atoms with Crippen LogP contribution >= 0.6 is 0 Å². The van der Waals surface area contributed by atoms with Gasteiger partial charge < -0.3 is 19.3 Å². The van der Waals surface area contributed by atoms with Gasteiger partial charge in [-0.2, -0.15) is 0 Å². The van der Waals surface area contributed by atoms with Crippen LogP contribution in [0.2, 0.25) is 0 Å². The first-order valence-electron chi connectivity index (χ1n) is 16.7. The molecule has 3 atom stereocenters. The summed E-state index contributed by atoms with van der Waals surface area (Å²) in [6.07, 6.45) is 21.2. The maximum absolute atomic E-state index is 11.6. The van der Waals surface area contributed by atoms with Crippen molar-refractivity contribution >= 4 is 5.97 Å². The summed E-state index contributed by atoms with van der Waals surface area (Å²) in [5.74, 6) is 0.996. The fourth-order valence-electron chi connectivity index (χ4n) is 5.12. The first-order valence-corrected chi connectivity index (χ1v) is 16.7. The second-order valence-electron chi connectivity index (χ2n) is 11.9. The van der Waals surface area contributed by atoms with Crippen molar-refractivity contribution in [2.24, 2.45) is 0 Å². The number of unbranched alkanes of at least 4 members (excludes halogenated alkanes) is 12. The Balaban J connectivity index is 3.11. The van der Waals surface area contributed by atoms with Crippen LogP contribution in [-0.4, -0.2) is 29.4 Å². The Kier molecular flexibility index (Phi) is 20.5. The smallest absolute Gasteiger partial charge is 0.307 e. The highest BCUT2D eigenvalue weighted by Gasteiger charge is 2.22. The molecule has 0 amide bonds. The number of rotatable bonds is 26. The van der Waals surface area contributed by atoms with Crippen molar-refractivity contribution in [1.82, 2.24) is 0 Å². The van der Waals surface area contributed by atoms with E-state index in [-0.39, 0.29) is 24.7 Å². The van der Waals surface area contributed by atoms with Crippen molar-refractivity contribution in [2.45, 2.75) is 182 Å². The van der Waals surface area contributed by atoms with Gasteiger partial charge >= 0.3 is 5.97 Å². The molecule has 1 aromatic rings. The zero-order valence-corrected chi connectivity index (χ0v) is 26.9. The zero-order valence-electron chi connectivity index (χ0n) is 26.9. The van der Waals surface area contributed by atoms with E-state index in [4.69, 9.17) is 14.2 Å². The molecule has 1 aromatic carbocycles. The molecule has 3 unspecified atom stereocenters. The Hall–Kier alpha value is -1.91. The van der Waals surface area contributed by atoms with Gasteiger partial charge in [0.2, 0.25) is 5.75 Å². The summed E-state index contributed by atoms with van der Waals surface area (Å²) in [5.41, 5.74) is 0.683. The molecule has 5 nitrogen and oxygen atoms in total. The summed E-state index contributed by atoms with van der Waals surface area (Å²) in [7, 11) is 0. The third-order valence-corrected chi connectivity index (χ3v) is 7.55. The topological polar surface area (TPSA) is 65.0 Å². The minimum atomic E-state index is -0.862. The van der Waals surface area contributed by atoms with Crippen LogP contribution in [0.3, 0.4) is 0 Å². The van der Waals surface area contributed by atoms with Crippen molar-refractivity contribution < 1.29 is 24.1 Å². The zero-order chi connectivity index (χ0) is 29.6. The molecule has 1 N–H and O–H groups in total. The first-order chi connectivity index (χ1) is 19.3. The van der Waals surface area contributed by atoms with Gasteiger partial charge in [-0.15, -0.1) is 0 Å². The quantitative estimate of drug-likeness (QED) is 0.114. The minimum absolute atomic E-state index is 0.0113. The maximum Gasteiger partial charge on any atom is 0.307 e. The van der Waals surface area contributed by atoms with Gasteiger partial charge in [-0.1, -0.05) is 97.8 Å². The van der Waals surface area contributed by atoms with E-state index in [0.717, 1.165) is 38.5 Å². The Morgan fingerprint density at radius 3 is 1.30 bits per heavy atom. The molecule has 0 aliphatic heterocycles. The molecule has 232 valence electrons. The molecule has 0 spiro atoms. The van der Waals surface area contributed by atoms with Crippen molar-refractivity contribution in [3.8, 4) is 17.2 Å². The largest absolute Gasteiger partial charge is 0.487 e. The van der Waals surface area contributed by atoms with Gasteiger partial charge in [0.25, 0.3) is 0 Å². The molecule has 0 aliphatic rings. The van der Waals surface area contributed by atoms with Crippen LogP contribution in [0.5, 0.6) is 17.2 Å². The highest BCUT2D eigenvalue weighted by molar-refractivity contribution is 5.71. The van der Waals surface area contributed by atoms with E-state index in [2.05, 4.69) is 41.5 Å². The van der Waals surface area contributed by atoms with Crippen LogP contribution in [0.25, 0.3) is 0 Å². The number of hydrogen-bond acceptors (Lipinski definition) is 4. The average molecular weight is 563 g/mol. The summed E-state index contributed by atoms with van der Waals surface area (Å²) in [6, 6.07) is 3.71. The van der Waals surface area contributed by atoms with Gasteiger partial charge in [-0.3, -0.25) is 4.79 Å². The van der Waals surface area contributed by atoms with Crippen LogP contribution in [0.4, 0.5) is 0 Å². The highest BCUT2D eigenvalue weighted by atomic mass is 16.6. The number of ether oxygens (including phenoxy) is 3. The van der Waals surface area contributed by atoms with E-state index < -0.39 is 5.97 Å². The molecule has 0 aliphatic carbocycles. The molecule has 0 saturated heterocycles.